The molecule has 0 aliphatic heterocycles. The number of nitrogens with one attached hydrogen (secondary N) is 2. The van der Waals surface area contributed by atoms with Crippen molar-refractivity contribution in [2.24, 2.45) is 11.3 Å². The van der Waals surface area contributed by atoms with Crippen molar-refractivity contribution in [2.75, 3.05) is 13.1 Å². The van der Waals surface area contributed by atoms with Crippen molar-refractivity contribution in [3.8, 4) is 0 Å². The molecule has 0 saturated carbocycles. The average Bonchev–Trinajstić information content (AvgIpc) is 2.08. The highest BCUT2D eigenvalue weighted by atomic mass is 16.1. The third kappa shape index (κ3) is 11.7. The molecule has 0 heterocycles. The van der Waals surface area contributed by atoms with Gasteiger partial charge in [-0.15, -0.1) is 0 Å². The monoisotopic (exact) mass is 242 g/mol. The molecule has 0 aromatic carbocycles. The second kappa shape index (κ2) is 7.70. The normalized spacial score (nSPS) is 13.8. The Morgan fingerprint density at radius 2 is 1.71 bits per heavy atom. The van der Waals surface area contributed by atoms with E-state index in [4.69, 9.17) is 0 Å². The first kappa shape index (κ1) is 16.4. The molecule has 1 unspecified atom stereocenters. The zero-order valence-corrected chi connectivity index (χ0v) is 12.4. The van der Waals surface area contributed by atoms with Gasteiger partial charge in [-0.3, -0.25) is 4.79 Å². The Hall–Kier alpha value is -0.570. The van der Waals surface area contributed by atoms with Crippen molar-refractivity contribution in [1.29, 1.82) is 0 Å². The van der Waals surface area contributed by atoms with Crippen molar-refractivity contribution < 1.29 is 4.79 Å². The summed E-state index contributed by atoms with van der Waals surface area (Å²) >= 11 is 0. The molecule has 0 aliphatic rings. The van der Waals surface area contributed by atoms with Crippen LogP contribution >= 0.6 is 0 Å². The number of rotatable bonds is 7. The molecule has 1 atom stereocenters. The molecule has 0 saturated heterocycles. The van der Waals surface area contributed by atoms with Crippen LogP contribution in [0.25, 0.3) is 0 Å². The quantitative estimate of drug-likeness (QED) is 0.674. The van der Waals surface area contributed by atoms with Crippen molar-refractivity contribution in [2.45, 2.75) is 60.4 Å². The topological polar surface area (TPSA) is 41.1 Å². The molecule has 0 spiro atoms. The third-order valence-electron chi connectivity index (χ3n) is 2.49. The minimum atomic E-state index is 0.173. The van der Waals surface area contributed by atoms with Crippen LogP contribution in [0, 0.1) is 11.3 Å². The Labute approximate surface area is 107 Å². The second-order valence-corrected chi connectivity index (χ2v) is 6.53. The summed E-state index contributed by atoms with van der Waals surface area (Å²) in [5, 5.41) is 6.23. The first-order valence-corrected chi connectivity index (χ1v) is 6.71. The summed E-state index contributed by atoms with van der Waals surface area (Å²) in [7, 11) is 0. The van der Waals surface area contributed by atoms with Crippen LogP contribution < -0.4 is 10.6 Å². The van der Waals surface area contributed by atoms with E-state index >= 15 is 0 Å². The standard InChI is InChI=1S/C14H30N2O/c1-11(2)15-7-8-16-13(17)9-12(3)10-14(4,5)6/h11-12,15H,7-10H2,1-6H3,(H,16,17). The smallest absolute Gasteiger partial charge is 0.220 e. The summed E-state index contributed by atoms with van der Waals surface area (Å²) in [6, 6.07) is 0.478. The van der Waals surface area contributed by atoms with Crippen molar-refractivity contribution in [1.82, 2.24) is 10.6 Å². The first-order chi connectivity index (χ1) is 7.70. The highest BCUT2D eigenvalue weighted by Gasteiger charge is 2.17. The van der Waals surface area contributed by atoms with E-state index in [2.05, 4.69) is 52.2 Å². The molecule has 3 heteroatoms. The van der Waals surface area contributed by atoms with E-state index in [0.29, 0.717) is 23.8 Å². The van der Waals surface area contributed by atoms with Gasteiger partial charge in [0.25, 0.3) is 0 Å². The van der Waals surface area contributed by atoms with Crippen LogP contribution in [0.1, 0.15) is 54.4 Å². The fourth-order valence-corrected chi connectivity index (χ4v) is 2.07. The van der Waals surface area contributed by atoms with Crippen LogP contribution in [0.5, 0.6) is 0 Å². The lowest BCUT2D eigenvalue weighted by Crippen LogP contribution is -2.35. The molecule has 0 aromatic rings. The van der Waals surface area contributed by atoms with Gasteiger partial charge in [0.05, 0.1) is 0 Å². The molecular weight excluding hydrogens is 212 g/mol. The zero-order chi connectivity index (χ0) is 13.5. The summed E-state index contributed by atoms with van der Waals surface area (Å²) < 4.78 is 0. The molecule has 3 nitrogen and oxygen atoms in total. The van der Waals surface area contributed by atoms with E-state index in [1.807, 2.05) is 0 Å². The molecule has 2 N–H and O–H groups in total. The number of hydrogen-bond acceptors (Lipinski definition) is 2. The van der Waals surface area contributed by atoms with Gasteiger partial charge in [0.15, 0.2) is 0 Å². The van der Waals surface area contributed by atoms with Crippen LogP contribution in [0.2, 0.25) is 0 Å². The lowest BCUT2D eigenvalue weighted by atomic mass is 9.84. The maximum atomic E-state index is 11.6. The number of carbonyl (C=O) groups excluding carboxylic acids is 1. The summed E-state index contributed by atoms with van der Waals surface area (Å²) in [6.07, 6.45) is 1.73. The molecule has 17 heavy (non-hydrogen) atoms. The minimum absolute atomic E-state index is 0.173. The van der Waals surface area contributed by atoms with Crippen LogP contribution in [0.15, 0.2) is 0 Å². The Balaban J connectivity index is 3.65. The van der Waals surface area contributed by atoms with E-state index in [1.54, 1.807) is 0 Å². The van der Waals surface area contributed by atoms with Gasteiger partial charge in [-0.2, -0.15) is 0 Å². The fourth-order valence-electron chi connectivity index (χ4n) is 2.07. The number of amides is 1. The Morgan fingerprint density at radius 1 is 1.12 bits per heavy atom. The van der Waals surface area contributed by atoms with Gasteiger partial charge in [0, 0.05) is 25.6 Å². The van der Waals surface area contributed by atoms with Crippen LogP contribution in [0.4, 0.5) is 0 Å². The lowest BCUT2D eigenvalue weighted by Gasteiger charge is -2.22. The van der Waals surface area contributed by atoms with E-state index in [-0.39, 0.29) is 5.91 Å². The molecule has 0 aromatic heterocycles. The molecule has 102 valence electrons. The van der Waals surface area contributed by atoms with Gasteiger partial charge < -0.3 is 10.6 Å². The van der Waals surface area contributed by atoms with E-state index in [0.717, 1.165) is 19.5 Å². The van der Waals surface area contributed by atoms with Gasteiger partial charge in [0.2, 0.25) is 5.91 Å². The van der Waals surface area contributed by atoms with Crippen molar-refractivity contribution >= 4 is 5.91 Å². The van der Waals surface area contributed by atoms with Crippen LogP contribution in [0.3, 0.4) is 0 Å². The van der Waals surface area contributed by atoms with E-state index in [9.17, 15) is 4.79 Å². The van der Waals surface area contributed by atoms with Gasteiger partial charge in [-0.1, -0.05) is 41.5 Å². The van der Waals surface area contributed by atoms with Gasteiger partial charge in [-0.05, 0) is 17.8 Å². The Kier molecular flexibility index (Phi) is 7.44. The van der Waals surface area contributed by atoms with E-state index < -0.39 is 0 Å². The molecule has 0 bridgehead atoms. The third-order valence-corrected chi connectivity index (χ3v) is 2.49. The van der Waals surface area contributed by atoms with Gasteiger partial charge >= 0.3 is 0 Å². The lowest BCUT2D eigenvalue weighted by molar-refractivity contribution is -0.122. The van der Waals surface area contributed by atoms with Gasteiger partial charge in [-0.25, -0.2) is 0 Å². The van der Waals surface area contributed by atoms with Crippen molar-refractivity contribution in [3.05, 3.63) is 0 Å². The fraction of sp³-hybridized carbons (Fsp3) is 0.929. The summed E-state index contributed by atoms with van der Waals surface area (Å²) in [5.74, 6) is 0.625. The molecule has 0 fully saturated rings. The Bertz CT molecular complexity index is 219. The highest BCUT2D eigenvalue weighted by molar-refractivity contribution is 5.76. The predicted octanol–water partition coefficient (Wildman–Crippen LogP) is 2.56. The maximum absolute atomic E-state index is 11.6. The summed E-state index contributed by atoms with van der Waals surface area (Å²) in [5.41, 5.74) is 0.304. The highest BCUT2D eigenvalue weighted by Crippen LogP contribution is 2.25. The van der Waals surface area contributed by atoms with Crippen LogP contribution in [-0.4, -0.2) is 25.0 Å². The van der Waals surface area contributed by atoms with Crippen LogP contribution in [-0.2, 0) is 4.79 Å². The average molecular weight is 242 g/mol. The summed E-state index contributed by atoms with van der Waals surface area (Å²) in [6.45, 7) is 14.6. The maximum Gasteiger partial charge on any atom is 0.220 e. The Morgan fingerprint density at radius 3 is 2.18 bits per heavy atom. The van der Waals surface area contributed by atoms with E-state index in [1.165, 1.54) is 0 Å². The minimum Gasteiger partial charge on any atom is -0.355 e. The molecule has 0 aliphatic carbocycles. The molecular formula is C14H30N2O. The zero-order valence-electron chi connectivity index (χ0n) is 12.4. The first-order valence-electron chi connectivity index (χ1n) is 6.71. The number of hydrogen-bond donors (Lipinski definition) is 2. The van der Waals surface area contributed by atoms with Crippen molar-refractivity contribution in [3.63, 3.8) is 0 Å². The second-order valence-electron chi connectivity index (χ2n) is 6.53. The molecule has 0 rings (SSSR count). The predicted molar refractivity (Wildman–Crippen MR) is 74.0 cm³/mol. The summed E-state index contributed by atoms with van der Waals surface area (Å²) in [4.78, 5) is 11.6. The number of carbonyl (C=O) groups is 1. The van der Waals surface area contributed by atoms with Gasteiger partial charge in [0.1, 0.15) is 0 Å². The molecule has 0 radical (unpaired) electrons. The SMILES string of the molecule is CC(CC(=O)NCCNC(C)C)CC(C)(C)C. The molecule has 1 amide bonds. The largest absolute Gasteiger partial charge is 0.355 e.